The Morgan fingerprint density at radius 3 is 2.62 bits per heavy atom. The molecule has 1 aromatic rings. The fourth-order valence-electron chi connectivity index (χ4n) is 4.15. The number of rotatable bonds is 3. The maximum Gasteiger partial charge on any atom is 0.219 e. The van der Waals surface area contributed by atoms with Crippen molar-refractivity contribution in [2.24, 2.45) is 0 Å². The first kappa shape index (κ1) is 17.4. The maximum absolute atomic E-state index is 11.6. The number of carbonyl (C=O) groups excluding carboxylic acids is 2. The Kier molecular flexibility index (Phi) is 4.92. The van der Waals surface area contributed by atoms with Crippen LogP contribution in [0.5, 0.6) is 0 Å². The van der Waals surface area contributed by atoms with Gasteiger partial charge in [-0.2, -0.15) is 0 Å². The van der Waals surface area contributed by atoms with E-state index in [2.05, 4.69) is 15.2 Å². The van der Waals surface area contributed by atoms with Crippen LogP contribution in [0.1, 0.15) is 43.0 Å². The number of hydrogen-bond acceptors (Lipinski definition) is 5. The molecule has 6 nitrogen and oxygen atoms in total. The molecular formula is C17H26N4O2S. The van der Waals surface area contributed by atoms with E-state index in [1.54, 1.807) is 25.2 Å². The van der Waals surface area contributed by atoms with Gasteiger partial charge < -0.3 is 10.2 Å². The van der Waals surface area contributed by atoms with Gasteiger partial charge in [0.1, 0.15) is 0 Å². The lowest BCUT2D eigenvalue weighted by Crippen LogP contribution is -2.52. The predicted molar refractivity (Wildman–Crippen MR) is 93.7 cm³/mol. The third kappa shape index (κ3) is 3.62. The van der Waals surface area contributed by atoms with E-state index < -0.39 is 0 Å². The number of piperidine rings is 1. The lowest BCUT2D eigenvalue weighted by Gasteiger charge is -2.44. The molecule has 0 radical (unpaired) electrons. The highest BCUT2D eigenvalue weighted by atomic mass is 32.1. The molecule has 2 amide bonds. The predicted octanol–water partition coefficient (Wildman–Crippen LogP) is 1.54. The molecule has 2 fully saturated rings. The zero-order valence-corrected chi connectivity index (χ0v) is 15.5. The van der Waals surface area contributed by atoms with Crippen molar-refractivity contribution in [1.82, 2.24) is 20.1 Å². The minimum atomic E-state index is 0.0341. The standard InChI is InChI=1S/C17H26N4O2S/c1-12(22)19-15-8-17(4-6-20(7-5-17)14(3)23)21(10-15)11-16-9-18-13(2)24-16/h9,15H,4-8,10-11H2,1-3H3,(H,19,22). The molecular weight excluding hydrogens is 324 g/mol. The van der Waals surface area contributed by atoms with Gasteiger partial charge in [0, 0.05) is 62.7 Å². The summed E-state index contributed by atoms with van der Waals surface area (Å²) in [4.78, 5) is 33.2. The number of amides is 2. The summed E-state index contributed by atoms with van der Waals surface area (Å²) < 4.78 is 0. The van der Waals surface area contributed by atoms with Crippen LogP contribution < -0.4 is 5.32 Å². The lowest BCUT2D eigenvalue weighted by molar-refractivity contribution is -0.131. The van der Waals surface area contributed by atoms with E-state index >= 15 is 0 Å². The Labute approximate surface area is 147 Å². The number of hydrogen-bond donors (Lipinski definition) is 1. The van der Waals surface area contributed by atoms with Gasteiger partial charge in [0.2, 0.25) is 11.8 Å². The number of nitrogens with one attached hydrogen (secondary N) is 1. The molecule has 132 valence electrons. The van der Waals surface area contributed by atoms with Gasteiger partial charge in [-0.1, -0.05) is 0 Å². The van der Waals surface area contributed by atoms with Crippen molar-refractivity contribution in [1.29, 1.82) is 0 Å². The number of carbonyl (C=O) groups is 2. The van der Waals surface area contributed by atoms with Crippen LogP contribution in [0.3, 0.4) is 0 Å². The summed E-state index contributed by atoms with van der Waals surface area (Å²) in [5, 5.41) is 4.18. The van der Waals surface area contributed by atoms with Gasteiger partial charge in [-0.15, -0.1) is 11.3 Å². The molecule has 2 aliphatic rings. The summed E-state index contributed by atoms with van der Waals surface area (Å²) >= 11 is 1.74. The number of nitrogens with zero attached hydrogens (tertiary/aromatic N) is 3. The monoisotopic (exact) mass is 350 g/mol. The van der Waals surface area contributed by atoms with Crippen LogP contribution in [0.15, 0.2) is 6.20 Å². The minimum absolute atomic E-state index is 0.0341. The zero-order chi connectivity index (χ0) is 17.3. The Morgan fingerprint density at radius 2 is 2.08 bits per heavy atom. The largest absolute Gasteiger partial charge is 0.352 e. The molecule has 7 heteroatoms. The highest BCUT2D eigenvalue weighted by Crippen LogP contribution is 2.40. The third-order valence-corrected chi connectivity index (χ3v) is 6.20. The van der Waals surface area contributed by atoms with Crippen LogP contribution in [-0.4, -0.2) is 57.8 Å². The van der Waals surface area contributed by atoms with Crippen LogP contribution in [0.25, 0.3) is 0 Å². The number of aromatic nitrogens is 1. The lowest BCUT2D eigenvalue weighted by atomic mass is 9.84. The Balaban J connectivity index is 1.75. The van der Waals surface area contributed by atoms with Crippen molar-refractivity contribution in [2.75, 3.05) is 19.6 Å². The second kappa shape index (κ2) is 6.80. The van der Waals surface area contributed by atoms with Crippen molar-refractivity contribution in [2.45, 2.75) is 58.2 Å². The average Bonchev–Trinajstić information content (AvgIpc) is 3.04. The number of likely N-dealkylation sites (tertiary alicyclic amines) is 2. The van der Waals surface area contributed by atoms with Crippen molar-refractivity contribution >= 4 is 23.2 Å². The molecule has 1 spiro atoms. The van der Waals surface area contributed by atoms with Crippen LogP contribution in [0.4, 0.5) is 0 Å². The van der Waals surface area contributed by atoms with Gasteiger partial charge in [-0.05, 0) is 26.2 Å². The van der Waals surface area contributed by atoms with E-state index in [1.807, 2.05) is 18.0 Å². The van der Waals surface area contributed by atoms with Gasteiger partial charge in [-0.25, -0.2) is 4.98 Å². The summed E-state index contributed by atoms with van der Waals surface area (Å²) in [7, 11) is 0. The average molecular weight is 350 g/mol. The highest BCUT2D eigenvalue weighted by molar-refractivity contribution is 7.11. The summed E-state index contributed by atoms with van der Waals surface area (Å²) in [5.74, 6) is 0.192. The summed E-state index contributed by atoms with van der Waals surface area (Å²) in [6.07, 6.45) is 4.88. The first-order valence-corrected chi connectivity index (χ1v) is 9.38. The van der Waals surface area contributed by atoms with E-state index in [0.29, 0.717) is 0 Å². The SMILES string of the molecule is CC(=O)NC1CN(Cc2cnc(C)s2)C2(CCN(C(C)=O)CC2)C1. The quantitative estimate of drug-likeness (QED) is 0.898. The molecule has 1 N–H and O–H groups in total. The molecule has 1 atom stereocenters. The van der Waals surface area contributed by atoms with Crippen molar-refractivity contribution < 1.29 is 9.59 Å². The number of aryl methyl sites for hydroxylation is 1. The third-order valence-electron chi connectivity index (χ3n) is 5.30. The summed E-state index contributed by atoms with van der Waals surface area (Å²) in [6.45, 7) is 8.61. The summed E-state index contributed by atoms with van der Waals surface area (Å²) in [6, 6.07) is 0.195. The molecule has 3 rings (SSSR count). The molecule has 2 aliphatic heterocycles. The van der Waals surface area contributed by atoms with E-state index in [4.69, 9.17) is 0 Å². The fourth-order valence-corrected chi connectivity index (χ4v) is 4.96. The molecule has 0 aromatic carbocycles. The van der Waals surface area contributed by atoms with Gasteiger partial charge >= 0.3 is 0 Å². The van der Waals surface area contributed by atoms with Crippen molar-refractivity contribution in [3.8, 4) is 0 Å². The normalized spacial score (nSPS) is 23.6. The van der Waals surface area contributed by atoms with Gasteiger partial charge in [-0.3, -0.25) is 14.5 Å². The molecule has 0 saturated carbocycles. The van der Waals surface area contributed by atoms with Crippen LogP contribution in [0, 0.1) is 6.92 Å². The van der Waals surface area contributed by atoms with Gasteiger partial charge in [0.15, 0.2) is 0 Å². The molecule has 2 saturated heterocycles. The first-order valence-electron chi connectivity index (χ1n) is 8.57. The minimum Gasteiger partial charge on any atom is -0.352 e. The zero-order valence-electron chi connectivity index (χ0n) is 14.7. The Morgan fingerprint density at radius 1 is 1.38 bits per heavy atom. The van der Waals surface area contributed by atoms with Crippen molar-refractivity contribution in [3.05, 3.63) is 16.1 Å². The molecule has 0 bridgehead atoms. The van der Waals surface area contributed by atoms with Crippen LogP contribution in [0.2, 0.25) is 0 Å². The van der Waals surface area contributed by atoms with E-state index in [-0.39, 0.29) is 23.4 Å². The van der Waals surface area contributed by atoms with Gasteiger partial charge in [0.05, 0.1) is 5.01 Å². The number of thiazole rings is 1. The Hall–Kier alpha value is -1.47. The first-order chi connectivity index (χ1) is 11.4. The molecule has 24 heavy (non-hydrogen) atoms. The fraction of sp³-hybridized carbons (Fsp3) is 0.706. The van der Waals surface area contributed by atoms with Crippen LogP contribution >= 0.6 is 11.3 Å². The highest BCUT2D eigenvalue weighted by Gasteiger charge is 2.47. The topological polar surface area (TPSA) is 65.5 Å². The van der Waals surface area contributed by atoms with Gasteiger partial charge in [0.25, 0.3) is 0 Å². The smallest absolute Gasteiger partial charge is 0.219 e. The molecule has 1 aromatic heterocycles. The van der Waals surface area contributed by atoms with Crippen LogP contribution in [-0.2, 0) is 16.1 Å². The van der Waals surface area contributed by atoms with E-state index in [1.165, 1.54) is 4.88 Å². The molecule has 3 heterocycles. The second-order valence-electron chi connectivity index (χ2n) is 7.06. The maximum atomic E-state index is 11.6. The van der Waals surface area contributed by atoms with E-state index in [9.17, 15) is 9.59 Å². The van der Waals surface area contributed by atoms with E-state index in [0.717, 1.165) is 50.4 Å². The Bertz CT molecular complexity index is 622. The summed E-state index contributed by atoms with van der Waals surface area (Å²) in [5.41, 5.74) is 0.0803. The molecule has 0 aliphatic carbocycles. The molecule has 1 unspecified atom stereocenters. The second-order valence-corrected chi connectivity index (χ2v) is 8.38. The van der Waals surface area contributed by atoms with Crippen molar-refractivity contribution in [3.63, 3.8) is 0 Å².